The third-order valence-electron chi connectivity index (χ3n) is 4.93. The predicted molar refractivity (Wildman–Crippen MR) is 98.5 cm³/mol. The number of hydrogen-bond donors (Lipinski definition) is 2. The van der Waals surface area contributed by atoms with Crippen LogP contribution in [-0.2, 0) is 0 Å². The van der Waals surface area contributed by atoms with Crippen molar-refractivity contribution in [3.63, 3.8) is 0 Å². The van der Waals surface area contributed by atoms with Crippen molar-refractivity contribution in [3.8, 4) is 5.82 Å². The fraction of sp³-hybridized carbons (Fsp3) is 0.389. The Morgan fingerprint density at radius 1 is 1.30 bits per heavy atom. The molecule has 3 aromatic rings. The van der Waals surface area contributed by atoms with E-state index in [2.05, 4.69) is 66.3 Å². The molecule has 0 bridgehead atoms. The lowest BCUT2D eigenvalue weighted by Crippen LogP contribution is -2.40. The maximum Gasteiger partial charge on any atom is 0.256 e. The molecular weight excluding hydrogens is 344 g/mol. The Morgan fingerprint density at radius 3 is 3.00 bits per heavy atom. The molecule has 27 heavy (non-hydrogen) atoms. The molecule has 0 radical (unpaired) electrons. The quantitative estimate of drug-likeness (QED) is 0.674. The van der Waals surface area contributed by atoms with Crippen molar-refractivity contribution in [3.05, 3.63) is 54.0 Å². The Labute approximate surface area is 156 Å². The van der Waals surface area contributed by atoms with Crippen LogP contribution in [0.3, 0.4) is 0 Å². The lowest BCUT2D eigenvalue weighted by Gasteiger charge is -2.33. The van der Waals surface area contributed by atoms with Crippen molar-refractivity contribution in [1.29, 1.82) is 0 Å². The number of aromatic amines is 1. The molecule has 140 valence electrons. The molecule has 1 atom stereocenters. The van der Waals surface area contributed by atoms with Gasteiger partial charge in [-0.15, -0.1) is 5.10 Å². The number of piperidine rings is 1. The van der Waals surface area contributed by atoms with Gasteiger partial charge >= 0.3 is 0 Å². The molecule has 3 heterocycles. The summed E-state index contributed by atoms with van der Waals surface area (Å²) < 4.78 is 1.39. The van der Waals surface area contributed by atoms with Gasteiger partial charge in [0.15, 0.2) is 5.82 Å². The maximum atomic E-state index is 12.5. The molecule has 4 rings (SSSR count). The summed E-state index contributed by atoms with van der Waals surface area (Å²) in [6.45, 7) is 3.51. The van der Waals surface area contributed by atoms with Crippen LogP contribution in [0.5, 0.6) is 0 Å². The number of carbonyl (C=O) groups is 1. The maximum absolute atomic E-state index is 12.5. The molecule has 1 saturated heterocycles. The molecule has 0 aliphatic carbocycles. The Bertz CT molecular complexity index is 861. The fourth-order valence-corrected chi connectivity index (χ4v) is 3.56. The van der Waals surface area contributed by atoms with Crippen molar-refractivity contribution in [2.75, 3.05) is 26.2 Å². The number of tetrazole rings is 1. The lowest BCUT2D eigenvalue weighted by atomic mass is 9.91. The second kappa shape index (κ2) is 8.09. The van der Waals surface area contributed by atoms with Gasteiger partial charge in [-0.05, 0) is 41.3 Å². The highest BCUT2D eigenvalue weighted by Gasteiger charge is 2.21. The van der Waals surface area contributed by atoms with Crippen LogP contribution < -0.4 is 5.32 Å². The summed E-state index contributed by atoms with van der Waals surface area (Å²) in [6.07, 6.45) is 5.30. The van der Waals surface area contributed by atoms with Crippen molar-refractivity contribution >= 4 is 5.91 Å². The zero-order valence-corrected chi connectivity index (χ0v) is 15.0. The highest BCUT2D eigenvalue weighted by Crippen LogP contribution is 2.26. The SMILES string of the molecule is O=C(NCCN1CCCC(c2ccccc2)C1)c1cn[nH]c1-n1cnnn1. The first-order valence-electron chi connectivity index (χ1n) is 9.13. The van der Waals surface area contributed by atoms with E-state index in [0.29, 0.717) is 23.8 Å². The average molecular weight is 366 g/mol. The van der Waals surface area contributed by atoms with Crippen LogP contribution in [0, 0.1) is 0 Å². The third-order valence-corrected chi connectivity index (χ3v) is 4.93. The number of amides is 1. The van der Waals surface area contributed by atoms with Gasteiger partial charge in [0.1, 0.15) is 11.9 Å². The molecule has 2 aromatic heterocycles. The molecule has 0 saturated carbocycles. The highest BCUT2D eigenvalue weighted by atomic mass is 16.1. The van der Waals surface area contributed by atoms with Crippen LogP contribution in [0.25, 0.3) is 5.82 Å². The van der Waals surface area contributed by atoms with Crippen LogP contribution in [-0.4, -0.2) is 67.4 Å². The summed E-state index contributed by atoms with van der Waals surface area (Å²) in [4.78, 5) is 14.9. The van der Waals surface area contributed by atoms with Crippen LogP contribution in [0.15, 0.2) is 42.9 Å². The van der Waals surface area contributed by atoms with Crippen LogP contribution in [0.2, 0.25) is 0 Å². The normalized spacial score (nSPS) is 17.7. The molecule has 2 N–H and O–H groups in total. The number of H-pyrrole nitrogens is 1. The van der Waals surface area contributed by atoms with Crippen molar-refractivity contribution in [1.82, 2.24) is 40.6 Å². The predicted octanol–water partition coefficient (Wildman–Crippen LogP) is 0.995. The van der Waals surface area contributed by atoms with Gasteiger partial charge in [-0.2, -0.15) is 9.78 Å². The molecule has 0 spiro atoms. The molecule has 9 heteroatoms. The van der Waals surface area contributed by atoms with Gasteiger partial charge in [0, 0.05) is 19.6 Å². The van der Waals surface area contributed by atoms with Gasteiger partial charge in [-0.3, -0.25) is 9.89 Å². The van der Waals surface area contributed by atoms with E-state index in [1.165, 1.54) is 35.6 Å². The zero-order valence-electron chi connectivity index (χ0n) is 15.0. The summed E-state index contributed by atoms with van der Waals surface area (Å²) >= 11 is 0. The van der Waals surface area contributed by atoms with E-state index in [9.17, 15) is 4.79 Å². The molecule has 1 aliphatic heterocycles. The van der Waals surface area contributed by atoms with Crippen molar-refractivity contribution in [2.45, 2.75) is 18.8 Å². The standard InChI is InChI=1S/C18H22N8O/c27-18(16-11-20-22-17(16)26-13-21-23-24-26)19-8-10-25-9-4-7-15(12-25)14-5-2-1-3-6-14/h1-3,5-6,11,13,15H,4,7-10,12H2,(H,19,27)(H,20,22). The van der Waals surface area contributed by atoms with Gasteiger partial charge in [-0.25, -0.2) is 0 Å². The minimum absolute atomic E-state index is 0.189. The second-order valence-corrected chi connectivity index (χ2v) is 6.69. The molecule has 1 unspecified atom stereocenters. The van der Waals surface area contributed by atoms with Crippen molar-refractivity contribution < 1.29 is 4.79 Å². The summed E-state index contributed by atoms with van der Waals surface area (Å²) in [5.41, 5.74) is 1.82. The first kappa shape index (κ1) is 17.3. The van der Waals surface area contributed by atoms with Crippen LogP contribution in [0.4, 0.5) is 0 Å². The second-order valence-electron chi connectivity index (χ2n) is 6.69. The smallest absolute Gasteiger partial charge is 0.256 e. The number of aromatic nitrogens is 6. The third kappa shape index (κ3) is 4.03. The van der Waals surface area contributed by atoms with Gasteiger partial charge in [-0.1, -0.05) is 30.3 Å². The molecule has 1 amide bonds. The van der Waals surface area contributed by atoms with E-state index in [0.717, 1.165) is 19.6 Å². The average Bonchev–Trinajstić information content (AvgIpc) is 3.40. The molecular formula is C18H22N8O. The molecule has 9 nitrogen and oxygen atoms in total. The van der Waals surface area contributed by atoms with E-state index in [-0.39, 0.29) is 5.91 Å². The topological polar surface area (TPSA) is 105 Å². The molecule has 1 aliphatic rings. The zero-order chi connectivity index (χ0) is 18.5. The Balaban J connectivity index is 1.30. The van der Waals surface area contributed by atoms with E-state index in [4.69, 9.17) is 0 Å². The summed E-state index contributed by atoms with van der Waals surface area (Å²) in [5.74, 6) is 0.835. The van der Waals surface area contributed by atoms with Crippen molar-refractivity contribution in [2.24, 2.45) is 0 Å². The number of hydrogen-bond acceptors (Lipinski definition) is 6. The number of nitrogens with one attached hydrogen (secondary N) is 2. The number of likely N-dealkylation sites (tertiary alicyclic amines) is 1. The minimum atomic E-state index is -0.189. The van der Waals surface area contributed by atoms with Gasteiger partial charge in [0.05, 0.1) is 6.20 Å². The summed E-state index contributed by atoms with van der Waals surface area (Å²) in [6, 6.07) is 10.7. The van der Waals surface area contributed by atoms with Gasteiger partial charge in [0.25, 0.3) is 5.91 Å². The summed E-state index contributed by atoms with van der Waals surface area (Å²) in [7, 11) is 0. The number of benzene rings is 1. The van der Waals surface area contributed by atoms with E-state index < -0.39 is 0 Å². The van der Waals surface area contributed by atoms with Gasteiger partial charge < -0.3 is 10.2 Å². The summed E-state index contributed by atoms with van der Waals surface area (Å²) in [5, 5.41) is 20.6. The number of nitrogens with zero attached hydrogens (tertiary/aromatic N) is 6. The first-order valence-corrected chi connectivity index (χ1v) is 9.13. The monoisotopic (exact) mass is 366 g/mol. The minimum Gasteiger partial charge on any atom is -0.351 e. The lowest BCUT2D eigenvalue weighted by molar-refractivity contribution is 0.0945. The van der Waals surface area contributed by atoms with E-state index >= 15 is 0 Å². The Kier molecular flexibility index (Phi) is 5.20. The van der Waals surface area contributed by atoms with E-state index in [1.807, 2.05) is 0 Å². The highest BCUT2D eigenvalue weighted by molar-refractivity contribution is 5.96. The largest absolute Gasteiger partial charge is 0.351 e. The fourth-order valence-electron chi connectivity index (χ4n) is 3.56. The Morgan fingerprint density at radius 2 is 2.19 bits per heavy atom. The van der Waals surface area contributed by atoms with Gasteiger partial charge in [0.2, 0.25) is 0 Å². The van der Waals surface area contributed by atoms with E-state index in [1.54, 1.807) is 0 Å². The number of carbonyl (C=O) groups excluding carboxylic acids is 1. The molecule has 1 fully saturated rings. The van der Waals surface area contributed by atoms with Crippen LogP contribution in [0.1, 0.15) is 34.7 Å². The van der Waals surface area contributed by atoms with Crippen LogP contribution >= 0.6 is 0 Å². The Hall–Kier alpha value is -3.07. The first-order chi connectivity index (χ1) is 13.3. The molecule has 1 aromatic carbocycles. The number of rotatable bonds is 6.